The molecule has 0 unspecified atom stereocenters. The second-order valence-electron chi connectivity index (χ2n) is 10.6. The van der Waals surface area contributed by atoms with Gasteiger partial charge in [0.2, 0.25) is 0 Å². The molecule has 2 aliphatic rings. The van der Waals surface area contributed by atoms with E-state index >= 15 is 0 Å². The Morgan fingerprint density at radius 1 is 0.949 bits per heavy atom. The fraction of sp³-hybridized carbons (Fsp3) is 0.355. The number of rotatable bonds is 4. The molecule has 3 atom stereocenters. The lowest BCUT2D eigenvalue weighted by Gasteiger charge is -2.46. The number of piperazine rings is 1. The molecular weight excluding hydrogens is 497 g/mol. The van der Waals surface area contributed by atoms with Gasteiger partial charge in [0, 0.05) is 62.6 Å². The van der Waals surface area contributed by atoms with Crippen LogP contribution >= 0.6 is 0 Å². The van der Waals surface area contributed by atoms with Crippen molar-refractivity contribution in [1.29, 1.82) is 0 Å². The van der Waals surface area contributed by atoms with Crippen molar-refractivity contribution in [2.75, 3.05) is 46.3 Å². The van der Waals surface area contributed by atoms with Gasteiger partial charge in [0.15, 0.2) is 5.78 Å². The zero-order valence-corrected chi connectivity index (χ0v) is 22.2. The number of urea groups is 1. The molecule has 5 rings (SSSR count). The van der Waals surface area contributed by atoms with Crippen molar-refractivity contribution < 1.29 is 24.2 Å². The number of nitrogens with zero attached hydrogens (tertiary/aromatic N) is 3. The molecule has 0 saturated carbocycles. The van der Waals surface area contributed by atoms with Crippen molar-refractivity contribution in [3.8, 4) is 11.5 Å². The maximum absolute atomic E-state index is 14.9. The number of likely N-dealkylation sites (N-methyl/N-ethyl adjacent to an activating group) is 1. The van der Waals surface area contributed by atoms with Crippen molar-refractivity contribution in [3.63, 3.8) is 0 Å². The van der Waals surface area contributed by atoms with Crippen LogP contribution in [0.5, 0.6) is 11.5 Å². The topological polar surface area (TPSA) is 84.3 Å². The van der Waals surface area contributed by atoms with Gasteiger partial charge in [0.05, 0.1) is 0 Å². The maximum atomic E-state index is 14.9. The van der Waals surface area contributed by atoms with Crippen LogP contribution in [0.2, 0.25) is 0 Å². The van der Waals surface area contributed by atoms with Crippen LogP contribution in [0.4, 0.5) is 9.18 Å². The number of amides is 2. The first kappa shape index (κ1) is 26.7. The molecule has 0 spiro atoms. The molecule has 0 aliphatic carbocycles. The van der Waals surface area contributed by atoms with Crippen LogP contribution in [-0.4, -0.2) is 83.0 Å². The molecule has 39 heavy (non-hydrogen) atoms. The number of aromatic hydroxyl groups is 2. The third kappa shape index (κ3) is 5.34. The molecule has 8 heteroatoms. The van der Waals surface area contributed by atoms with Gasteiger partial charge >= 0.3 is 6.03 Å². The first-order valence-corrected chi connectivity index (χ1v) is 13.2. The third-order valence-corrected chi connectivity index (χ3v) is 8.16. The number of ketones is 1. The van der Waals surface area contributed by atoms with Crippen LogP contribution in [0, 0.1) is 24.7 Å². The number of benzene rings is 3. The number of halogens is 1. The van der Waals surface area contributed by atoms with E-state index in [9.17, 15) is 24.2 Å². The Kier molecular flexibility index (Phi) is 7.57. The smallest absolute Gasteiger partial charge is 0.320 e. The average molecular weight is 531 g/mol. The minimum absolute atomic E-state index is 0.0130. The van der Waals surface area contributed by atoms with Gasteiger partial charge in [-0.1, -0.05) is 36.4 Å². The molecule has 0 bridgehead atoms. The molecule has 2 saturated heterocycles. The Morgan fingerprint density at radius 3 is 2.41 bits per heavy atom. The van der Waals surface area contributed by atoms with Crippen molar-refractivity contribution in [3.05, 3.63) is 94.8 Å². The Morgan fingerprint density at radius 2 is 1.69 bits per heavy atom. The van der Waals surface area contributed by atoms with Gasteiger partial charge < -0.3 is 24.9 Å². The van der Waals surface area contributed by atoms with E-state index in [-0.39, 0.29) is 42.2 Å². The standard InChI is InChI=1S/C31H33FN3O4/c1-20-23(10-6-11-27(20)32)29-25(24-9-3-4-12-28(24)37)18-35(31(39)34-15-13-33(2)14-16-34)19-26(29)30(38)21-7-5-8-22(36)17-21/h3,5-12,17,25-26,29,36-37H,13-16,18-19H2,1-2H3/t25-,26+,29-/m1/s1. The first-order chi connectivity index (χ1) is 18.7. The molecule has 2 aliphatic heterocycles. The summed E-state index contributed by atoms with van der Waals surface area (Å²) in [6.07, 6.45) is 0. The lowest BCUT2D eigenvalue weighted by atomic mass is 9.67. The van der Waals surface area contributed by atoms with Gasteiger partial charge in [-0.3, -0.25) is 4.79 Å². The van der Waals surface area contributed by atoms with Gasteiger partial charge in [0.25, 0.3) is 0 Å². The number of hydrogen-bond donors (Lipinski definition) is 2. The van der Waals surface area contributed by atoms with E-state index in [4.69, 9.17) is 0 Å². The lowest BCUT2D eigenvalue weighted by Crippen LogP contribution is -2.56. The average Bonchev–Trinajstić information content (AvgIpc) is 2.94. The minimum Gasteiger partial charge on any atom is -0.508 e. The van der Waals surface area contributed by atoms with Gasteiger partial charge in [-0.05, 0) is 61.0 Å². The fourth-order valence-corrected chi connectivity index (χ4v) is 5.99. The van der Waals surface area contributed by atoms with Crippen LogP contribution < -0.4 is 0 Å². The summed E-state index contributed by atoms with van der Waals surface area (Å²) in [6, 6.07) is 18.6. The van der Waals surface area contributed by atoms with E-state index in [1.807, 2.05) is 13.1 Å². The number of carbonyl (C=O) groups is 2. The van der Waals surface area contributed by atoms with E-state index in [2.05, 4.69) is 11.0 Å². The van der Waals surface area contributed by atoms with Gasteiger partial charge in [-0.2, -0.15) is 0 Å². The summed E-state index contributed by atoms with van der Waals surface area (Å²) < 4.78 is 14.9. The van der Waals surface area contributed by atoms with Crippen molar-refractivity contribution in [1.82, 2.24) is 14.7 Å². The van der Waals surface area contributed by atoms with Crippen molar-refractivity contribution in [2.24, 2.45) is 5.92 Å². The zero-order valence-electron chi connectivity index (χ0n) is 22.2. The highest BCUT2D eigenvalue weighted by Crippen LogP contribution is 2.47. The zero-order chi connectivity index (χ0) is 27.7. The van der Waals surface area contributed by atoms with Gasteiger partial charge in [-0.25, -0.2) is 9.18 Å². The van der Waals surface area contributed by atoms with E-state index in [0.29, 0.717) is 35.3 Å². The Balaban J connectivity index is 1.63. The Labute approximate surface area is 228 Å². The predicted octanol–water partition coefficient (Wildman–Crippen LogP) is 4.40. The van der Waals surface area contributed by atoms with Crippen LogP contribution in [-0.2, 0) is 0 Å². The van der Waals surface area contributed by atoms with Crippen LogP contribution in [0.25, 0.3) is 0 Å². The van der Waals surface area contributed by atoms with Crippen LogP contribution in [0.1, 0.15) is 38.9 Å². The highest BCUT2D eigenvalue weighted by Gasteiger charge is 2.46. The van der Waals surface area contributed by atoms with Crippen molar-refractivity contribution in [2.45, 2.75) is 18.8 Å². The summed E-state index contributed by atoms with van der Waals surface area (Å²) in [4.78, 5) is 33.6. The molecule has 2 N–H and O–H groups in total. The quantitative estimate of drug-likeness (QED) is 0.489. The Hall–Kier alpha value is -3.91. The summed E-state index contributed by atoms with van der Waals surface area (Å²) in [5.74, 6) is -2.41. The van der Waals surface area contributed by atoms with E-state index < -0.39 is 17.8 Å². The molecule has 2 fully saturated rings. The minimum atomic E-state index is -0.744. The molecule has 3 aromatic rings. The molecule has 203 valence electrons. The predicted molar refractivity (Wildman–Crippen MR) is 146 cm³/mol. The normalized spacial score (nSPS) is 22.1. The number of piperidine rings is 1. The monoisotopic (exact) mass is 530 g/mol. The molecule has 3 aromatic carbocycles. The molecule has 1 radical (unpaired) electrons. The summed E-state index contributed by atoms with van der Waals surface area (Å²) in [5, 5.41) is 21.0. The summed E-state index contributed by atoms with van der Waals surface area (Å²) >= 11 is 0. The Bertz CT molecular complexity index is 1370. The number of phenolic OH excluding ortho intramolecular Hbond substituents is 2. The number of likely N-dealkylation sites (tertiary alicyclic amines) is 1. The molecule has 2 heterocycles. The number of carbonyl (C=O) groups excluding carboxylic acids is 2. The lowest BCUT2D eigenvalue weighted by molar-refractivity contribution is 0.0706. The molecule has 2 amide bonds. The summed E-state index contributed by atoms with van der Waals surface area (Å²) in [6.45, 7) is 4.77. The molecular formula is C31H33FN3O4. The third-order valence-electron chi connectivity index (χ3n) is 8.16. The largest absolute Gasteiger partial charge is 0.508 e. The van der Waals surface area contributed by atoms with E-state index in [1.54, 1.807) is 47.1 Å². The van der Waals surface area contributed by atoms with Gasteiger partial charge in [-0.15, -0.1) is 0 Å². The highest BCUT2D eigenvalue weighted by atomic mass is 19.1. The van der Waals surface area contributed by atoms with E-state index in [0.717, 1.165) is 13.1 Å². The highest BCUT2D eigenvalue weighted by molar-refractivity contribution is 5.99. The summed E-state index contributed by atoms with van der Waals surface area (Å²) in [7, 11) is 2.02. The molecule has 7 nitrogen and oxygen atoms in total. The molecule has 0 aromatic heterocycles. The number of Topliss-reactive ketones (excluding diaryl/α,β-unsaturated/α-hetero) is 1. The SMILES string of the molecule is Cc1c(F)cccc1[C@H]1[C@@H](C(=O)c2cccc(O)c2)CN(C(=O)N2CCN(C)CC2)C[C@@H]1c1cc[c]cc1O. The number of hydrogen-bond acceptors (Lipinski definition) is 5. The van der Waals surface area contributed by atoms with E-state index in [1.165, 1.54) is 24.3 Å². The maximum Gasteiger partial charge on any atom is 0.320 e. The van der Waals surface area contributed by atoms with Gasteiger partial charge in [0.1, 0.15) is 17.3 Å². The second-order valence-corrected chi connectivity index (χ2v) is 10.6. The first-order valence-electron chi connectivity index (χ1n) is 13.2. The van der Waals surface area contributed by atoms with Crippen LogP contribution in [0.3, 0.4) is 0 Å². The van der Waals surface area contributed by atoms with Crippen molar-refractivity contribution >= 4 is 11.8 Å². The van der Waals surface area contributed by atoms with Crippen LogP contribution in [0.15, 0.2) is 60.7 Å². The number of phenols is 2. The summed E-state index contributed by atoms with van der Waals surface area (Å²) in [5.41, 5.74) is 1.99. The second kappa shape index (κ2) is 11.1. The fourth-order valence-electron chi connectivity index (χ4n) is 5.99.